The first-order chi connectivity index (χ1) is 15.4. The second-order valence-corrected chi connectivity index (χ2v) is 6.70. The van der Waals surface area contributed by atoms with Gasteiger partial charge < -0.3 is 5.11 Å². The van der Waals surface area contributed by atoms with Gasteiger partial charge in [0.15, 0.2) is 0 Å². The van der Waals surface area contributed by atoms with Crippen LogP contribution in [0, 0.1) is 17.5 Å². The summed E-state index contributed by atoms with van der Waals surface area (Å²) in [5.41, 5.74) is -1.55. The number of aromatic carboxylic acids is 1. The molecule has 0 atom stereocenters. The van der Waals surface area contributed by atoms with Gasteiger partial charge in [0.1, 0.15) is 17.5 Å². The minimum atomic E-state index is -1.23. The summed E-state index contributed by atoms with van der Waals surface area (Å²) in [6, 6.07) is 15.1. The number of aromatic amines is 1. The van der Waals surface area contributed by atoms with E-state index in [4.69, 9.17) is 0 Å². The Morgan fingerprint density at radius 3 is 2.25 bits per heavy atom. The quantitative estimate of drug-likeness (QED) is 0.444. The number of hydrogen-bond donors (Lipinski definition) is 2. The monoisotopic (exact) mass is 437 g/mol. The lowest BCUT2D eigenvalue weighted by Crippen LogP contribution is -2.17. The molecule has 0 spiro atoms. The van der Waals surface area contributed by atoms with Crippen molar-refractivity contribution in [2.24, 2.45) is 4.99 Å². The van der Waals surface area contributed by atoms with E-state index in [1.807, 2.05) is 0 Å². The summed E-state index contributed by atoms with van der Waals surface area (Å²) in [7, 11) is 0. The number of carboxylic acids is 1. The van der Waals surface area contributed by atoms with Gasteiger partial charge >= 0.3 is 5.97 Å². The van der Waals surface area contributed by atoms with E-state index in [1.165, 1.54) is 18.2 Å². The van der Waals surface area contributed by atoms with Crippen molar-refractivity contribution in [3.63, 3.8) is 0 Å². The number of benzene rings is 3. The van der Waals surface area contributed by atoms with Crippen molar-refractivity contribution < 1.29 is 23.1 Å². The lowest BCUT2D eigenvalue weighted by Gasteiger charge is -2.05. The normalized spacial score (nSPS) is 11.2. The Morgan fingerprint density at radius 2 is 1.59 bits per heavy atom. The maximum absolute atomic E-state index is 14.5. The number of rotatable bonds is 5. The molecule has 0 fully saturated rings. The minimum absolute atomic E-state index is 0.0397. The maximum atomic E-state index is 14.5. The maximum Gasteiger partial charge on any atom is 0.337 e. The molecule has 1 aromatic heterocycles. The molecule has 32 heavy (non-hydrogen) atoms. The number of aliphatic imine (C=N–C) groups is 1. The molecule has 160 valence electrons. The van der Waals surface area contributed by atoms with Crippen molar-refractivity contribution in [2.75, 3.05) is 0 Å². The van der Waals surface area contributed by atoms with E-state index in [9.17, 15) is 27.9 Å². The molecule has 9 heteroatoms. The van der Waals surface area contributed by atoms with Crippen molar-refractivity contribution in [3.05, 3.63) is 106 Å². The smallest absolute Gasteiger partial charge is 0.337 e. The zero-order valence-electron chi connectivity index (χ0n) is 16.2. The molecule has 4 aromatic rings. The van der Waals surface area contributed by atoms with Crippen molar-refractivity contribution in [3.8, 4) is 16.9 Å². The standard InChI is InChI=1S/C23H14F3N3O3/c24-13-10-17(25)20(18(26)11-13)21-16(12-27-19-9-5-4-8-15(19)23(31)32)22(30)29(28-21)14-6-2-1-3-7-14/h1-12,28H,(H,31,32). The molecule has 0 saturated carbocycles. The number of hydrogen-bond acceptors (Lipinski definition) is 3. The molecule has 0 aliphatic rings. The molecule has 0 radical (unpaired) electrons. The van der Waals surface area contributed by atoms with Crippen LogP contribution in [-0.2, 0) is 0 Å². The van der Waals surface area contributed by atoms with E-state index in [0.29, 0.717) is 17.8 Å². The number of nitrogens with zero attached hydrogens (tertiary/aromatic N) is 2. The first kappa shape index (κ1) is 20.9. The van der Waals surface area contributed by atoms with Crippen LogP contribution < -0.4 is 5.56 Å². The van der Waals surface area contributed by atoms with Crippen molar-refractivity contribution in [1.29, 1.82) is 0 Å². The highest BCUT2D eigenvalue weighted by Gasteiger charge is 2.22. The van der Waals surface area contributed by atoms with Gasteiger partial charge in [0.05, 0.1) is 33.8 Å². The van der Waals surface area contributed by atoms with Crippen LogP contribution in [0.1, 0.15) is 15.9 Å². The predicted molar refractivity (Wildman–Crippen MR) is 112 cm³/mol. The minimum Gasteiger partial charge on any atom is -0.478 e. The summed E-state index contributed by atoms with van der Waals surface area (Å²) >= 11 is 0. The number of aromatic nitrogens is 2. The van der Waals surface area contributed by atoms with Gasteiger partial charge in [-0.1, -0.05) is 30.3 Å². The van der Waals surface area contributed by atoms with Crippen LogP contribution in [0.25, 0.3) is 16.9 Å². The third-order valence-corrected chi connectivity index (χ3v) is 4.66. The average Bonchev–Trinajstić information content (AvgIpc) is 3.08. The van der Waals surface area contributed by atoms with Crippen LogP contribution in [0.5, 0.6) is 0 Å². The van der Waals surface area contributed by atoms with Crippen LogP contribution in [0.15, 0.2) is 76.5 Å². The van der Waals surface area contributed by atoms with Gasteiger partial charge in [-0.2, -0.15) is 0 Å². The Balaban J connectivity index is 1.95. The highest BCUT2D eigenvalue weighted by Crippen LogP contribution is 2.28. The fraction of sp³-hybridized carbons (Fsp3) is 0. The van der Waals surface area contributed by atoms with Gasteiger partial charge in [0, 0.05) is 18.3 Å². The van der Waals surface area contributed by atoms with E-state index in [-0.39, 0.29) is 22.5 Å². The Bertz CT molecular complexity index is 1390. The topological polar surface area (TPSA) is 87.4 Å². The molecule has 6 nitrogen and oxygen atoms in total. The summed E-state index contributed by atoms with van der Waals surface area (Å²) in [5, 5.41) is 12.0. The number of H-pyrrole nitrogens is 1. The van der Waals surface area contributed by atoms with Crippen LogP contribution in [0.4, 0.5) is 18.9 Å². The van der Waals surface area contributed by atoms with Crippen molar-refractivity contribution in [1.82, 2.24) is 9.78 Å². The van der Waals surface area contributed by atoms with E-state index >= 15 is 0 Å². The second kappa shape index (κ2) is 8.38. The lowest BCUT2D eigenvalue weighted by molar-refractivity contribution is 0.0698. The lowest BCUT2D eigenvalue weighted by atomic mass is 10.1. The van der Waals surface area contributed by atoms with Crippen LogP contribution >= 0.6 is 0 Å². The Morgan fingerprint density at radius 1 is 0.969 bits per heavy atom. The highest BCUT2D eigenvalue weighted by atomic mass is 19.1. The molecule has 2 N–H and O–H groups in total. The molecule has 0 saturated heterocycles. The van der Waals surface area contributed by atoms with E-state index in [0.717, 1.165) is 10.9 Å². The summed E-state index contributed by atoms with van der Waals surface area (Å²) in [6.45, 7) is 0. The number of para-hydroxylation sites is 2. The van der Waals surface area contributed by atoms with Gasteiger partial charge in [0.25, 0.3) is 5.56 Å². The zero-order valence-corrected chi connectivity index (χ0v) is 16.2. The largest absolute Gasteiger partial charge is 0.478 e. The first-order valence-electron chi connectivity index (χ1n) is 9.28. The highest BCUT2D eigenvalue weighted by molar-refractivity contribution is 5.96. The molecule has 0 aliphatic heterocycles. The van der Waals surface area contributed by atoms with E-state index < -0.39 is 34.5 Å². The molecular formula is C23H14F3N3O3. The second-order valence-electron chi connectivity index (χ2n) is 6.70. The van der Waals surface area contributed by atoms with E-state index in [1.54, 1.807) is 36.4 Å². The third kappa shape index (κ3) is 3.83. The summed E-state index contributed by atoms with van der Waals surface area (Å²) in [6.07, 6.45) is 1.03. The predicted octanol–water partition coefficient (Wildman–Crippen LogP) is 4.70. The number of carboxylic acid groups (broad SMARTS) is 1. The van der Waals surface area contributed by atoms with Crippen molar-refractivity contribution >= 4 is 17.9 Å². The molecule has 4 rings (SSSR count). The number of carbonyl (C=O) groups is 1. The Labute approximate surface area is 178 Å². The van der Waals surface area contributed by atoms with Crippen LogP contribution in [0.3, 0.4) is 0 Å². The van der Waals surface area contributed by atoms with Gasteiger partial charge in [-0.05, 0) is 24.3 Å². The fourth-order valence-corrected chi connectivity index (χ4v) is 3.20. The van der Waals surface area contributed by atoms with Gasteiger partial charge in [-0.25, -0.2) is 22.6 Å². The first-order valence-corrected chi connectivity index (χ1v) is 9.28. The summed E-state index contributed by atoms with van der Waals surface area (Å²) in [4.78, 5) is 28.6. The molecule has 0 amide bonds. The summed E-state index contributed by atoms with van der Waals surface area (Å²) in [5.74, 6) is -4.78. The van der Waals surface area contributed by atoms with Crippen LogP contribution in [-0.4, -0.2) is 27.1 Å². The van der Waals surface area contributed by atoms with Gasteiger partial charge in [-0.3, -0.25) is 14.9 Å². The fourth-order valence-electron chi connectivity index (χ4n) is 3.20. The van der Waals surface area contributed by atoms with Crippen molar-refractivity contribution in [2.45, 2.75) is 0 Å². The SMILES string of the molecule is O=C(O)c1ccccc1N=Cc1c(-c2c(F)cc(F)cc2F)[nH]n(-c2ccccc2)c1=O. The van der Waals surface area contributed by atoms with E-state index in [2.05, 4.69) is 10.1 Å². The molecule has 0 bridgehead atoms. The zero-order chi connectivity index (χ0) is 22.8. The van der Waals surface area contributed by atoms with Gasteiger partial charge in [0.2, 0.25) is 0 Å². The number of nitrogens with one attached hydrogen (secondary N) is 1. The average molecular weight is 437 g/mol. The molecular weight excluding hydrogens is 423 g/mol. The molecule has 0 aliphatic carbocycles. The molecule has 3 aromatic carbocycles. The van der Waals surface area contributed by atoms with Crippen LogP contribution in [0.2, 0.25) is 0 Å². The Kier molecular flexibility index (Phi) is 5.46. The summed E-state index contributed by atoms with van der Waals surface area (Å²) < 4.78 is 43.5. The number of halogens is 3. The Hall–Kier alpha value is -4.40. The molecule has 1 heterocycles. The van der Waals surface area contributed by atoms with Gasteiger partial charge in [-0.15, -0.1) is 0 Å². The third-order valence-electron chi connectivity index (χ3n) is 4.66. The molecule has 0 unspecified atom stereocenters.